The predicted octanol–water partition coefficient (Wildman–Crippen LogP) is 2.85. The first kappa shape index (κ1) is 13.5. The zero-order valence-electron chi connectivity index (χ0n) is 12.7. The second-order valence-corrected chi connectivity index (χ2v) is 6.03. The predicted molar refractivity (Wildman–Crippen MR) is 84.9 cm³/mol. The van der Waals surface area contributed by atoms with E-state index in [9.17, 15) is 0 Å². The van der Waals surface area contributed by atoms with Crippen molar-refractivity contribution in [3.05, 3.63) is 47.5 Å². The summed E-state index contributed by atoms with van der Waals surface area (Å²) in [5.41, 5.74) is 3.21. The molecule has 1 atom stereocenters. The van der Waals surface area contributed by atoms with Crippen LogP contribution in [0.25, 0.3) is 11.0 Å². The number of aromatic nitrogens is 3. The van der Waals surface area contributed by atoms with Gasteiger partial charge in [-0.1, -0.05) is 23.4 Å². The molecule has 1 aliphatic rings. The minimum absolute atomic E-state index is 0.485. The molecule has 22 heavy (non-hydrogen) atoms. The molecule has 3 aromatic rings. The molecule has 1 saturated heterocycles. The maximum Gasteiger partial charge on any atom is 0.134 e. The first-order valence-electron chi connectivity index (χ1n) is 7.89. The van der Waals surface area contributed by atoms with Crippen molar-refractivity contribution in [2.75, 3.05) is 13.1 Å². The van der Waals surface area contributed by atoms with E-state index in [-0.39, 0.29) is 0 Å². The number of para-hydroxylation sites is 1. The molecule has 0 aliphatic carbocycles. The average molecular weight is 296 g/mol. The summed E-state index contributed by atoms with van der Waals surface area (Å²) in [6.07, 6.45) is 4.46. The van der Waals surface area contributed by atoms with E-state index in [4.69, 9.17) is 4.42 Å². The molecule has 1 unspecified atom stereocenters. The molecule has 1 aromatic carbocycles. The normalized spacial score (nSPS) is 18.9. The lowest BCUT2D eigenvalue weighted by atomic mass is 9.97. The number of nitrogens with zero attached hydrogens (tertiary/aromatic N) is 3. The smallest absolute Gasteiger partial charge is 0.134 e. The summed E-state index contributed by atoms with van der Waals surface area (Å²) in [7, 11) is 0. The molecule has 0 radical (unpaired) electrons. The molecule has 3 heterocycles. The maximum absolute atomic E-state index is 5.96. The third kappa shape index (κ3) is 2.41. The number of rotatable bonds is 3. The first-order chi connectivity index (χ1) is 10.8. The van der Waals surface area contributed by atoms with E-state index in [0.717, 1.165) is 30.1 Å². The molecule has 4 rings (SSSR count). The van der Waals surface area contributed by atoms with Crippen molar-refractivity contribution in [3.8, 4) is 0 Å². The number of piperidine rings is 1. The van der Waals surface area contributed by atoms with E-state index in [0.29, 0.717) is 12.5 Å². The van der Waals surface area contributed by atoms with E-state index in [1.165, 1.54) is 23.8 Å². The molecule has 0 saturated carbocycles. The first-order valence-corrected chi connectivity index (χ1v) is 7.89. The van der Waals surface area contributed by atoms with Gasteiger partial charge in [0.2, 0.25) is 0 Å². The Morgan fingerprint density at radius 3 is 3.09 bits per heavy atom. The van der Waals surface area contributed by atoms with E-state index in [1.54, 1.807) is 0 Å². The Bertz CT molecular complexity index is 783. The highest BCUT2D eigenvalue weighted by molar-refractivity contribution is 5.81. The monoisotopic (exact) mass is 296 g/mol. The average Bonchev–Trinajstić information content (AvgIpc) is 3.15. The number of furan rings is 1. The number of benzene rings is 1. The Labute approximate surface area is 129 Å². The van der Waals surface area contributed by atoms with Crippen LogP contribution in [0.2, 0.25) is 0 Å². The van der Waals surface area contributed by atoms with Crippen LogP contribution in [0, 0.1) is 6.92 Å². The molecule has 1 fully saturated rings. The van der Waals surface area contributed by atoms with Crippen molar-refractivity contribution in [2.45, 2.75) is 32.2 Å². The van der Waals surface area contributed by atoms with E-state index in [2.05, 4.69) is 34.8 Å². The molecular formula is C17H20N4O. The summed E-state index contributed by atoms with van der Waals surface area (Å²) in [4.78, 5) is 0. The number of aryl methyl sites for hydroxylation is 1. The van der Waals surface area contributed by atoms with Gasteiger partial charge < -0.3 is 9.73 Å². The van der Waals surface area contributed by atoms with Crippen LogP contribution in [-0.2, 0) is 6.54 Å². The summed E-state index contributed by atoms with van der Waals surface area (Å²) in [5, 5.41) is 13.2. The van der Waals surface area contributed by atoms with Gasteiger partial charge in [-0.05, 0) is 32.4 Å². The zero-order valence-corrected chi connectivity index (χ0v) is 12.7. The third-order valence-corrected chi connectivity index (χ3v) is 4.52. The lowest BCUT2D eigenvalue weighted by Gasteiger charge is -2.20. The fourth-order valence-corrected chi connectivity index (χ4v) is 3.20. The lowest BCUT2D eigenvalue weighted by Crippen LogP contribution is -2.28. The number of nitrogens with one attached hydrogen (secondary N) is 1. The van der Waals surface area contributed by atoms with Gasteiger partial charge in [0.25, 0.3) is 0 Å². The van der Waals surface area contributed by atoms with E-state index < -0.39 is 0 Å². The molecule has 0 spiro atoms. The Morgan fingerprint density at radius 1 is 1.36 bits per heavy atom. The second kappa shape index (κ2) is 5.57. The lowest BCUT2D eigenvalue weighted by molar-refractivity contribution is 0.454. The van der Waals surface area contributed by atoms with Crippen molar-refractivity contribution in [1.82, 2.24) is 20.3 Å². The quantitative estimate of drug-likeness (QED) is 0.807. The van der Waals surface area contributed by atoms with Gasteiger partial charge in [0, 0.05) is 29.6 Å². The van der Waals surface area contributed by atoms with E-state index in [1.807, 2.05) is 22.9 Å². The van der Waals surface area contributed by atoms with Gasteiger partial charge in [-0.15, -0.1) is 5.10 Å². The fourth-order valence-electron chi connectivity index (χ4n) is 3.20. The number of hydrogen-bond donors (Lipinski definition) is 1. The molecule has 114 valence electrons. The Kier molecular flexibility index (Phi) is 3.42. The van der Waals surface area contributed by atoms with Crippen molar-refractivity contribution < 1.29 is 4.42 Å². The standard InChI is InChI=1S/C17H20N4O/c1-12-14-6-2-3-7-16(14)22-17(12)11-21-10-15(19-20-21)13-5-4-8-18-9-13/h2-3,6-7,10,13,18H,4-5,8-9,11H2,1H3. The number of hydrogen-bond acceptors (Lipinski definition) is 4. The van der Waals surface area contributed by atoms with Crippen LogP contribution in [0.15, 0.2) is 34.9 Å². The number of fused-ring (bicyclic) bond motifs is 1. The van der Waals surface area contributed by atoms with Crippen LogP contribution in [0.3, 0.4) is 0 Å². The van der Waals surface area contributed by atoms with Gasteiger partial charge in [0.05, 0.1) is 5.69 Å². The third-order valence-electron chi connectivity index (χ3n) is 4.52. The van der Waals surface area contributed by atoms with Crippen molar-refractivity contribution in [1.29, 1.82) is 0 Å². The van der Waals surface area contributed by atoms with Crippen LogP contribution in [-0.4, -0.2) is 28.1 Å². The van der Waals surface area contributed by atoms with Crippen LogP contribution < -0.4 is 5.32 Å². The Hall–Kier alpha value is -2.14. The molecular weight excluding hydrogens is 276 g/mol. The van der Waals surface area contributed by atoms with Gasteiger partial charge in [-0.25, -0.2) is 4.68 Å². The van der Waals surface area contributed by atoms with Crippen LogP contribution in [0.4, 0.5) is 0 Å². The van der Waals surface area contributed by atoms with Crippen LogP contribution >= 0.6 is 0 Å². The molecule has 5 nitrogen and oxygen atoms in total. The van der Waals surface area contributed by atoms with Crippen LogP contribution in [0.5, 0.6) is 0 Å². The Balaban J connectivity index is 1.57. The molecule has 5 heteroatoms. The van der Waals surface area contributed by atoms with Gasteiger partial charge in [-0.2, -0.15) is 0 Å². The van der Waals surface area contributed by atoms with Crippen molar-refractivity contribution >= 4 is 11.0 Å². The maximum atomic E-state index is 5.96. The highest BCUT2D eigenvalue weighted by Crippen LogP contribution is 2.26. The molecule has 2 aromatic heterocycles. The summed E-state index contributed by atoms with van der Waals surface area (Å²) < 4.78 is 7.84. The molecule has 1 N–H and O–H groups in total. The minimum Gasteiger partial charge on any atom is -0.459 e. The van der Waals surface area contributed by atoms with Crippen LogP contribution in [0.1, 0.15) is 35.8 Å². The zero-order chi connectivity index (χ0) is 14.9. The fraction of sp³-hybridized carbons (Fsp3) is 0.412. The molecule has 0 amide bonds. The van der Waals surface area contributed by atoms with Gasteiger partial charge in [0.15, 0.2) is 0 Å². The summed E-state index contributed by atoms with van der Waals surface area (Å²) >= 11 is 0. The SMILES string of the molecule is Cc1c(Cn2cc(C3CCCNC3)nn2)oc2ccccc12. The molecule has 1 aliphatic heterocycles. The topological polar surface area (TPSA) is 55.9 Å². The largest absolute Gasteiger partial charge is 0.459 e. The van der Waals surface area contributed by atoms with Crippen molar-refractivity contribution in [3.63, 3.8) is 0 Å². The van der Waals surface area contributed by atoms with Gasteiger partial charge >= 0.3 is 0 Å². The minimum atomic E-state index is 0.485. The second-order valence-electron chi connectivity index (χ2n) is 6.03. The van der Waals surface area contributed by atoms with Gasteiger partial charge in [0.1, 0.15) is 17.9 Å². The summed E-state index contributed by atoms with van der Waals surface area (Å²) in [6, 6.07) is 8.14. The highest BCUT2D eigenvalue weighted by atomic mass is 16.3. The molecule has 0 bridgehead atoms. The van der Waals surface area contributed by atoms with E-state index >= 15 is 0 Å². The van der Waals surface area contributed by atoms with Gasteiger partial charge in [-0.3, -0.25) is 0 Å². The highest BCUT2D eigenvalue weighted by Gasteiger charge is 2.19. The van der Waals surface area contributed by atoms with Crippen molar-refractivity contribution in [2.24, 2.45) is 0 Å². The Morgan fingerprint density at radius 2 is 2.27 bits per heavy atom. The summed E-state index contributed by atoms with van der Waals surface area (Å²) in [6.45, 7) is 4.85. The summed E-state index contributed by atoms with van der Waals surface area (Å²) in [5.74, 6) is 1.44.